The van der Waals surface area contributed by atoms with Gasteiger partial charge >= 0.3 is 6.09 Å². The number of fused-ring (bicyclic) bond motifs is 1. The molecule has 1 aliphatic heterocycles. The van der Waals surface area contributed by atoms with E-state index in [0.717, 1.165) is 5.56 Å². The van der Waals surface area contributed by atoms with E-state index in [9.17, 15) is 18.8 Å². The summed E-state index contributed by atoms with van der Waals surface area (Å²) >= 11 is 12.7. The van der Waals surface area contributed by atoms with Crippen molar-refractivity contribution >= 4 is 57.3 Å². The number of ether oxygens (including phenoxy) is 1. The maximum atomic E-state index is 14.1. The summed E-state index contributed by atoms with van der Waals surface area (Å²) in [6.07, 6.45) is 3.47. The fraction of sp³-hybridized carbons (Fsp3) is 0.162. The fourth-order valence-corrected chi connectivity index (χ4v) is 6.39. The zero-order valence-corrected chi connectivity index (χ0v) is 28.2. The van der Waals surface area contributed by atoms with Crippen LogP contribution in [0.5, 0.6) is 0 Å². The van der Waals surface area contributed by atoms with E-state index < -0.39 is 23.8 Å². The highest BCUT2D eigenvalue weighted by atomic mass is 35.5. The molecule has 3 heterocycles. The fourth-order valence-electron chi connectivity index (χ4n) is 5.99. The number of hydrogen-bond donors (Lipinski definition) is 2. The SMILES string of the molecule is N#Cc1cnc2c(NC(c3ccc(F)cc3)c3cn([C@H]4CCN(C(=O)OCc5ccccc5)C4)nn3)cc(Cl)cc2c1Nc1ccc(F)c(Cl)c1. The van der Waals surface area contributed by atoms with Crippen LogP contribution in [0.3, 0.4) is 0 Å². The summed E-state index contributed by atoms with van der Waals surface area (Å²) in [6.45, 7) is 1.07. The monoisotopic (exact) mass is 724 g/mol. The third-order valence-electron chi connectivity index (χ3n) is 8.57. The molecule has 7 rings (SSSR count). The third kappa shape index (κ3) is 7.40. The Kier molecular flexibility index (Phi) is 9.65. The first kappa shape index (κ1) is 33.7. The molecule has 51 heavy (non-hydrogen) atoms. The maximum absolute atomic E-state index is 14.1. The average Bonchev–Trinajstić information content (AvgIpc) is 3.83. The molecule has 0 saturated carbocycles. The predicted molar refractivity (Wildman–Crippen MR) is 190 cm³/mol. The van der Waals surface area contributed by atoms with Gasteiger partial charge in [0.1, 0.15) is 30.0 Å². The molecular weight excluding hydrogens is 697 g/mol. The van der Waals surface area contributed by atoms with E-state index in [1.54, 1.807) is 40.0 Å². The summed E-state index contributed by atoms with van der Waals surface area (Å²) in [5.74, 6) is -0.978. The Hall–Kier alpha value is -5.77. The largest absolute Gasteiger partial charge is 0.445 e. The van der Waals surface area contributed by atoms with Gasteiger partial charge in [0.15, 0.2) is 0 Å². The first-order chi connectivity index (χ1) is 24.7. The molecule has 1 amide bonds. The van der Waals surface area contributed by atoms with Crippen LogP contribution in [0.1, 0.15) is 40.9 Å². The normalized spacial score (nSPS) is 14.6. The number of nitrogens with zero attached hydrogens (tertiary/aromatic N) is 6. The van der Waals surface area contributed by atoms with Crippen molar-refractivity contribution in [3.63, 3.8) is 0 Å². The van der Waals surface area contributed by atoms with Gasteiger partial charge in [-0.1, -0.05) is 70.9 Å². The Bertz CT molecular complexity index is 2260. The number of nitriles is 1. The molecule has 1 unspecified atom stereocenters. The summed E-state index contributed by atoms with van der Waals surface area (Å²) in [5, 5.41) is 26.2. The minimum atomic E-state index is -0.640. The molecule has 6 aromatic rings. The highest BCUT2D eigenvalue weighted by molar-refractivity contribution is 6.32. The van der Waals surface area contributed by atoms with Crippen LogP contribution in [0.15, 0.2) is 97.3 Å². The second-order valence-electron chi connectivity index (χ2n) is 11.9. The standard InChI is InChI=1S/C37H28Cl2F2N8O2/c38-25-14-29-34(44-27-10-11-31(41)30(39)16-27)24(17-42)18-43-36(29)32(15-25)45-35(23-6-8-26(40)9-7-23)33-20-49(47-46-33)28-12-13-48(19-28)37(50)51-21-22-4-2-1-3-5-22/h1-11,14-16,18,20,28,35,45H,12-13,19,21H2,(H,43,44)/t28-,35?/m0/s1. The Labute approximate surface area is 301 Å². The zero-order valence-electron chi connectivity index (χ0n) is 26.7. The van der Waals surface area contributed by atoms with E-state index in [4.69, 9.17) is 27.9 Å². The Morgan fingerprint density at radius 3 is 2.63 bits per heavy atom. The number of hydrogen-bond acceptors (Lipinski definition) is 8. The number of pyridine rings is 1. The van der Waals surface area contributed by atoms with Crippen LogP contribution < -0.4 is 10.6 Å². The van der Waals surface area contributed by atoms with Gasteiger partial charge in [-0.25, -0.2) is 18.3 Å². The van der Waals surface area contributed by atoms with E-state index >= 15 is 0 Å². The van der Waals surface area contributed by atoms with E-state index in [1.165, 1.54) is 36.5 Å². The van der Waals surface area contributed by atoms with Gasteiger partial charge in [-0.3, -0.25) is 4.98 Å². The van der Waals surface area contributed by atoms with Gasteiger partial charge in [-0.15, -0.1) is 5.10 Å². The van der Waals surface area contributed by atoms with Crippen LogP contribution >= 0.6 is 23.2 Å². The van der Waals surface area contributed by atoms with E-state index in [0.29, 0.717) is 63.8 Å². The van der Waals surface area contributed by atoms with Crippen molar-refractivity contribution in [2.24, 2.45) is 0 Å². The summed E-state index contributed by atoms with van der Waals surface area (Å²) in [6, 6.07) is 24.3. The molecule has 1 aliphatic rings. The van der Waals surface area contributed by atoms with E-state index in [-0.39, 0.29) is 23.2 Å². The number of nitrogens with one attached hydrogen (secondary N) is 2. The Morgan fingerprint density at radius 1 is 1.06 bits per heavy atom. The molecule has 2 N–H and O–H groups in total. The van der Waals surface area contributed by atoms with Gasteiger partial charge in [-0.2, -0.15) is 5.26 Å². The van der Waals surface area contributed by atoms with Crippen LogP contribution in [0.25, 0.3) is 10.9 Å². The smallest absolute Gasteiger partial charge is 0.410 e. The molecule has 10 nitrogen and oxygen atoms in total. The third-order valence-corrected chi connectivity index (χ3v) is 9.08. The highest BCUT2D eigenvalue weighted by Crippen LogP contribution is 2.38. The van der Waals surface area contributed by atoms with Crippen molar-refractivity contribution in [1.82, 2.24) is 24.9 Å². The predicted octanol–water partition coefficient (Wildman–Crippen LogP) is 8.81. The van der Waals surface area contributed by atoms with Crippen LogP contribution in [0, 0.1) is 23.0 Å². The summed E-state index contributed by atoms with van der Waals surface area (Å²) < 4.78 is 35.2. The van der Waals surface area contributed by atoms with Crippen molar-refractivity contribution < 1.29 is 18.3 Å². The van der Waals surface area contributed by atoms with E-state index in [1.807, 2.05) is 30.3 Å². The summed E-state index contributed by atoms with van der Waals surface area (Å²) in [5.41, 5.74) is 4.15. The number of carbonyl (C=O) groups excluding carboxylic acids is 1. The van der Waals surface area contributed by atoms with Gasteiger partial charge in [0.25, 0.3) is 0 Å². The molecular formula is C37H28Cl2F2N8O2. The lowest BCUT2D eigenvalue weighted by molar-refractivity contribution is 0.103. The lowest BCUT2D eigenvalue weighted by Crippen LogP contribution is -2.29. The van der Waals surface area contributed by atoms with Crippen LogP contribution in [0.2, 0.25) is 10.0 Å². The van der Waals surface area contributed by atoms with Crippen LogP contribution in [-0.2, 0) is 11.3 Å². The van der Waals surface area contributed by atoms with Crippen molar-refractivity contribution in [3.05, 3.63) is 141 Å². The first-order valence-corrected chi connectivity index (χ1v) is 16.6. The Morgan fingerprint density at radius 2 is 1.86 bits per heavy atom. The van der Waals surface area contributed by atoms with Gasteiger partial charge in [0.2, 0.25) is 0 Å². The number of carbonyl (C=O) groups is 1. The molecule has 0 aliphatic carbocycles. The van der Waals surface area contributed by atoms with Crippen molar-refractivity contribution in [1.29, 1.82) is 5.26 Å². The Balaban J connectivity index is 1.18. The second kappa shape index (κ2) is 14.6. The number of rotatable bonds is 9. The molecule has 2 atom stereocenters. The van der Waals surface area contributed by atoms with Gasteiger partial charge in [0.05, 0.1) is 45.8 Å². The molecule has 0 spiro atoms. The highest BCUT2D eigenvalue weighted by Gasteiger charge is 2.30. The molecule has 256 valence electrons. The van der Waals surface area contributed by atoms with Crippen molar-refractivity contribution in [2.75, 3.05) is 23.7 Å². The molecule has 4 aromatic carbocycles. The molecule has 0 bridgehead atoms. The number of halogens is 4. The van der Waals surface area contributed by atoms with Crippen LogP contribution in [0.4, 0.5) is 30.6 Å². The second-order valence-corrected chi connectivity index (χ2v) is 12.8. The molecule has 1 fully saturated rings. The first-order valence-electron chi connectivity index (χ1n) is 15.9. The van der Waals surface area contributed by atoms with Crippen LogP contribution in [-0.4, -0.2) is 44.1 Å². The van der Waals surface area contributed by atoms with Crippen molar-refractivity contribution in [2.45, 2.75) is 25.1 Å². The lowest BCUT2D eigenvalue weighted by atomic mass is 10.0. The van der Waals surface area contributed by atoms with Gasteiger partial charge in [-0.05, 0) is 60.0 Å². The molecule has 14 heteroatoms. The number of anilines is 3. The van der Waals surface area contributed by atoms with Crippen molar-refractivity contribution in [3.8, 4) is 6.07 Å². The topological polar surface area (TPSA) is 121 Å². The number of benzene rings is 4. The number of amides is 1. The lowest BCUT2D eigenvalue weighted by Gasteiger charge is -2.21. The average molecular weight is 726 g/mol. The molecule has 2 aromatic heterocycles. The summed E-state index contributed by atoms with van der Waals surface area (Å²) in [4.78, 5) is 19.0. The van der Waals surface area contributed by atoms with E-state index in [2.05, 4.69) is 32.0 Å². The minimum absolute atomic E-state index is 0.0826. The summed E-state index contributed by atoms with van der Waals surface area (Å²) in [7, 11) is 0. The van der Waals surface area contributed by atoms with Gasteiger partial charge in [0, 0.05) is 35.4 Å². The maximum Gasteiger partial charge on any atom is 0.410 e. The minimum Gasteiger partial charge on any atom is -0.445 e. The molecule has 0 radical (unpaired) electrons. The van der Waals surface area contributed by atoms with Gasteiger partial charge < -0.3 is 20.3 Å². The number of aromatic nitrogens is 4. The quantitative estimate of drug-likeness (QED) is 0.152. The number of likely N-dealkylation sites (tertiary alicyclic amines) is 1. The molecule has 1 saturated heterocycles. The zero-order chi connectivity index (χ0) is 35.5.